The van der Waals surface area contributed by atoms with E-state index in [1.54, 1.807) is 0 Å². The van der Waals surface area contributed by atoms with Crippen LogP contribution < -0.4 is 5.73 Å². The maximum atomic E-state index is 10.7. The summed E-state index contributed by atoms with van der Waals surface area (Å²) in [6.45, 7) is 0. The van der Waals surface area contributed by atoms with Gasteiger partial charge in [0, 0.05) is 0 Å². The number of halogens is 1. The van der Waals surface area contributed by atoms with Crippen LogP contribution in [0.4, 0.5) is 0 Å². The van der Waals surface area contributed by atoms with Crippen molar-refractivity contribution in [3.63, 3.8) is 0 Å². The van der Waals surface area contributed by atoms with Crippen molar-refractivity contribution in [1.82, 2.24) is 0 Å². The quantitative estimate of drug-likeness (QED) is 0.800. The highest BCUT2D eigenvalue weighted by Gasteiger charge is 2.12. The number of carbonyl (C=O) groups excluding carboxylic acids is 1. The lowest BCUT2D eigenvalue weighted by molar-refractivity contribution is -0.136. The largest absolute Gasteiger partial charge is 0.481 e. The van der Waals surface area contributed by atoms with Gasteiger partial charge < -0.3 is 10.8 Å². The van der Waals surface area contributed by atoms with E-state index >= 15 is 0 Å². The summed E-state index contributed by atoms with van der Waals surface area (Å²) in [5.41, 5.74) is 5.42. The average Bonchev–Trinajstić information content (AvgIpc) is 2.31. The lowest BCUT2D eigenvalue weighted by Crippen LogP contribution is -2.08. The summed E-state index contributed by atoms with van der Waals surface area (Å²) in [5, 5.41) is 8.47. The predicted molar refractivity (Wildman–Crippen MR) is 49.2 cm³/mol. The molecule has 0 unspecified atom stereocenters. The minimum absolute atomic E-state index is 0.192. The fraction of sp³-hybridized carbons (Fsp3) is 0.143. The molecule has 0 radical (unpaired) electrons. The van der Waals surface area contributed by atoms with Crippen LogP contribution in [-0.2, 0) is 11.2 Å². The number of amides is 1. The third-order valence-corrected chi connectivity index (χ3v) is 2.80. The van der Waals surface area contributed by atoms with Gasteiger partial charge in [-0.25, -0.2) is 0 Å². The number of aliphatic carboxylic acids is 1. The summed E-state index contributed by atoms with van der Waals surface area (Å²) >= 11 is 6.67. The Kier molecular flexibility index (Phi) is 2.90. The first-order valence-electron chi connectivity index (χ1n) is 3.30. The molecule has 4 nitrogen and oxygen atoms in total. The van der Waals surface area contributed by atoms with Crippen molar-refractivity contribution >= 4 is 34.8 Å². The molecule has 6 heteroatoms. The van der Waals surface area contributed by atoms with Gasteiger partial charge in [-0.2, -0.15) is 0 Å². The maximum Gasteiger partial charge on any atom is 0.307 e. The highest BCUT2D eigenvalue weighted by atomic mass is 35.5. The molecule has 0 saturated heterocycles. The van der Waals surface area contributed by atoms with Gasteiger partial charge in [0.1, 0.15) is 0 Å². The topological polar surface area (TPSA) is 80.4 Å². The second kappa shape index (κ2) is 3.76. The predicted octanol–water partition coefficient (Wildman–Crippen LogP) is 1.13. The first-order chi connectivity index (χ1) is 6.00. The van der Waals surface area contributed by atoms with Crippen LogP contribution >= 0.6 is 22.9 Å². The maximum absolute atomic E-state index is 10.7. The van der Waals surface area contributed by atoms with Gasteiger partial charge in [0.25, 0.3) is 5.91 Å². The zero-order valence-corrected chi connectivity index (χ0v) is 7.98. The SMILES string of the molecule is NC(=O)c1cc(CC(=O)O)c(Cl)s1. The van der Waals surface area contributed by atoms with Gasteiger partial charge in [-0.3, -0.25) is 9.59 Å². The summed E-state index contributed by atoms with van der Waals surface area (Å²) in [4.78, 5) is 21.3. The fourth-order valence-electron chi connectivity index (χ4n) is 0.811. The van der Waals surface area contributed by atoms with E-state index in [9.17, 15) is 9.59 Å². The van der Waals surface area contributed by atoms with Crippen molar-refractivity contribution in [1.29, 1.82) is 0 Å². The Bertz CT molecular complexity index is 361. The Labute approximate surface area is 82.9 Å². The fourth-order valence-corrected chi connectivity index (χ4v) is 1.94. The van der Waals surface area contributed by atoms with E-state index < -0.39 is 11.9 Å². The molecule has 1 amide bonds. The summed E-state index contributed by atoms with van der Waals surface area (Å²) in [5.74, 6) is -1.58. The van der Waals surface area contributed by atoms with Crippen LogP contribution in [0.5, 0.6) is 0 Å². The molecule has 0 bridgehead atoms. The third-order valence-electron chi connectivity index (χ3n) is 1.34. The lowest BCUT2D eigenvalue weighted by atomic mass is 10.2. The summed E-state index contributed by atoms with van der Waals surface area (Å²) in [7, 11) is 0. The minimum atomic E-state index is -0.990. The molecular weight excluding hydrogens is 214 g/mol. The third kappa shape index (κ3) is 2.43. The zero-order valence-electron chi connectivity index (χ0n) is 6.41. The molecule has 0 saturated carbocycles. The van der Waals surface area contributed by atoms with Gasteiger partial charge >= 0.3 is 5.97 Å². The number of carbonyl (C=O) groups is 2. The van der Waals surface area contributed by atoms with Gasteiger partial charge in [-0.15, -0.1) is 11.3 Å². The van der Waals surface area contributed by atoms with Crippen molar-refractivity contribution in [2.75, 3.05) is 0 Å². The molecule has 13 heavy (non-hydrogen) atoms. The number of rotatable bonds is 3. The highest BCUT2D eigenvalue weighted by Crippen LogP contribution is 2.27. The van der Waals surface area contributed by atoms with Gasteiger partial charge in [-0.1, -0.05) is 11.6 Å². The lowest BCUT2D eigenvalue weighted by Gasteiger charge is -1.89. The number of carboxylic acids is 1. The highest BCUT2D eigenvalue weighted by molar-refractivity contribution is 7.18. The van der Waals surface area contributed by atoms with Crippen LogP contribution in [0.15, 0.2) is 6.07 Å². The second-order valence-electron chi connectivity index (χ2n) is 2.34. The molecular formula is C7H6ClNO3S. The van der Waals surface area contributed by atoms with Crippen molar-refractivity contribution in [2.45, 2.75) is 6.42 Å². The second-order valence-corrected chi connectivity index (χ2v) is 4.00. The standard InChI is InChI=1S/C7H6ClNO3S/c8-6-3(2-5(10)11)1-4(13-6)7(9)12/h1H,2H2,(H2,9,12)(H,10,11). The number of hydrogen-bond acceptors (Lipinski definition) is 3. The van der Waals surface area contributed by atoms with E-state index in [2.05, 4.69) is 0 Å². The average molecular weight is 220 g/mol. The van der Waals surface area contributed by atoms with E-state index in [-0.39, 0.29) is 11.3 Å². The number of carboxylic acid groups (broad SMARTS) is 1. The molecule has 0 aliphatic rings. The Balaban J connectivity index is 2.96. The molecule has 3 N–H and O–H groups in total. The first kappa shape index (κ1) is 10.0. The van der Waals surface area contributed by atoms with Gasteiger partial charge in [0.2, 0.25) is 0 Å². The van der Waals surface area contributed by atoms with Crippen molar-refractivity contribution in [3.05, 3.63) is 20.8 Å². The monoisotopic (exact) mass is 219 g/mol. The molecule has 1 aromatic rings. The van der Waals surface area contributed by atoms with Gasteiger partial charge in [0.05, 0.1) is 15.6 Å². The molecule has 0 aromatic carbocycles. The van der Waals surface area contributed by atoms with Crippen LogP contribution in [0.3, 0.4) is 0 Å². The molecule has 0 aliphatic heterocycles. The molecule has 0 aliphatic carbocycles. The normalized spacial score (nSPS) is 9.92. The number of nitrogens with two attached hydrogens (primary N) is 1. The number of thiophene rings is 1. The molecule has 0 atom stereocenters. The van der Waals surface area contributed by atoms with Crippen LogP contribution in [0.1, 0.15) is 15.2 Å². The minimum Gasteiger partial charge on any atom is -0.481 e. The van der Waals surface area contributed by atoms with Gasteiger partial charge in [-0.05, 0) is 11.6 Å². The zero-order chi connectivity index (χ0) is 10.0. The molecule has 0 fully saturated rings. The Morgan fingerprint density at radius 1 is 1.62 bits per heavy atom. The van der Waals surface area contributed by atoms with Crippen molar-refractivity contribution in [2.24, 2.45) is 5.73 Å². The molecule has 1 heterocycles. The molecule has 70 valence electrons. The summed E-state index contributed by atoms with van der Waals surface area (Å²) in [6, 6.07) is 1.41. The Morgan fingerprint density at radius 3 is 2.62 bits per heavy atom. The van der Waals surface area contributed by atoms with E-state index in [4.69, 9.17) is 22.4 Å². The van der Waals surface area contributed by atoms with Crippen molar-refractivity contribution < 1.29 is 14.7 Å². The van der Waals surface area contributed by atoms with Crippen molar-refractivity contribution in [3.8, 4) is 0 Å². The van der Waals surface area contributed by atoms with E-state index in [1.807, 2.05) is 0 Å². The smallest absolute Gasteiger partial charge is 0.307 e. The molecule has 1 rings (SSSR count). The van der Waals surface area contributed by atoms with Gasteiger partial charge in [0.15, 0.2) is 0 Å². The van der Waals surface area contributed by atoms with Crippen LogP contribution in [-0.4, -0.2) is 17.0 Å². The van der Waals surface area contributed by atoms with E-state index in [1.165, 1.54) is 6.07 Å². The van der Waals surface area contributed by atoms with Crippen LogP contribution in [0.2, 0.25) is 4.34 Å². The summed E-state index contributed by atoms with van der Waals surface area (Å²) < 4.78 is 0.302. The Hall–Kier alpha value is -1.07. The first-order valence-corrected chi connectivity index (χ1v) is 4.50. The molecule has 1 aromatic heterocycles. The van der Waals surface area contributed by atoms with E-state index in [0.29, 0.717) is 9.90 Å². The Morgan fingerprint density at radius 2 is 2.23 bits per heavy atom. The van der Waals surface area contributed by atoms with Crippen LogP contribution in [0, 0.1) is 0 Å². The summed E-state index contributed by atoms with van der Waals surface area (Å²) in [6.07, 6.45) is -0.192. The molecule has 0 spiro atoms. The number of hydrogen-bond donors (Lipinski definition) is 2. The van der Waals surface area contributed by atoms with E-state index in [0.717, 1.165) is 11.3 Å². The van der Waals surface area contributed by atoms with Crippen LogP contribution in [0.25, 0.3) is 0 Å². The number of primary amides is 1.